The molecular formula is C18H35IN6OS. The molecule has 2 rings (SSSR count). The Morgan fingerprint density at radius 3 is 2.81 bits per heavy atom. The molecule has 0 bridgehead atoms. The van der Waals surface area contributed by atoms with E-state index in [1.54, 1.807) is 11.8 Å². The lowest BCUT2D eigenvalue weighted by atomic mass is 10.2. The minimum atomic E-state index is 0. The molecule has 1 saturated heterocycles. The van der Waals surface area contributed by atoms with E-state index in [9.17, 15) is 0 Å². The lowest BCUT2D eigenvalue weighted by Crippen LogP contribution is -2.38. The van der Waals surface area contributed by atoms with Gasteiger partial charge in [0.25, 0.3) is 0 Å². The number of ether oxygens (including phenoxy) is 1. The van der Waals surface area contributed by atoms with Gasteiger partial charge >= 0.3 is 0 Å². The minimum Gasteiger partial charge on any atom is -0.376 e. The van der Waals surface area contributed by atoms with Crippen molar-refractivity contribution in [2.24, 2.45) is 10.9 Å². The fraction of sp³-hybridized carbons (Fsp3) is 0.833. The van der Waals surface area contributed by atoms with Gasteiger partial charge in [0.15, 0.2) is 11.1 Å². The number of guanidine groups is 1. The van der Waals surface area contributed by atoms with Crippen LogP contribution >= 0.6 is 35.7 Å². The van der Waals surface area contributed by atoms with Crippen molar-refractivity contribution in [1.29, 1.82) is 0 Å². The predicted molar refractivity (Wildman–Crippen MR) is 123 cm³/mol. The summed E-state index contributed by atoms with van der Waals surface area (Å²) in [7, 11) is 0. The first-order valence-electron chi connectivity index (χ1n) is 9.73. The van der Waals surface area contributed by atoms with Crippen molar-refractivity contribution < 1.29 is 4.74 Å². The molecule has 0 aromatic carbocycles. The third-order valence-corrected chi connectivity index (χ3v) is 4.88. The van der Waals surface area contributed by atoms with Crippen LogP contribution in [-0.2, 0) is 17.7 Å². The number of hydrogen-bond donors (Lipinski definition) is 2. The van der Waals surface area contributed by atoms with Gasteiger partial charge in [-0.05, 0) is 38.4 Å². The van der Waals surface area contributed by atoms with Crippen molar-refractivity contribution in [1.82, 2.24) is 25.4 Å². The van der Waals surface area contributed by atoms with Gasteiger partial charge in [0, 0.05) is 32.7 Å². The summed E-state index contributed by atoms with van der Waals surface area (Å²) in [6.45, 7) is 10.8. The monoisotopic (exact) mass is 510 g/mol. The van der Waals surface area contributed by atoms with Crippen molar-refractivity contribution in [2.45, 2.75) is 64.3 Å². The molecule has 9 heteroatoms. The maximum atomic E-state index is 5.64. The molecule has 1 aliphatic rings. The van der Waals surface area contributed by atoms with Crippen LogP contribution in [-0.4, -0.2) is 59.3 Å². The van der Waals surface area contributed by atoms with Crippen LogP contribution in [0.4, 0.5) is 0 Å². The number of rotatable bonds is 10. The highest BCUT2D eigenvalue weighted by molar-refractivity contribution is 14.0. The molecule has 1 unspecified atom stereocenters. The zero-order chi connectivity index (χ0) is 18.8. The van der Waals surface area contributed by atoms with Gasteiger partial charge in [0.1, 0.15) is 5.82 Å². The number of aryl methyl sites for hydroxylation is 1. The molecule has 1 atom stereocenters. The Balaban J connectivity index is 0.00000364. The highest BCUT2D eigenvalue weighted by Crippen LogP contribution is 2.16. The summed E-state index contributed by atoms with van der Waals surface area (Å²) in [6, 6.07) is 0. The maximum absolute atomic E-state index is 5.64. The number of halogens is 1. The van der Waals surface area contributed by atoms with Crippen molar-refractivity contribution in [3.05, 3.63) is 5.82 Å². The Morgan fingerprint density at radius 1 is 1.37 bits per heavy atom. The average molecular weight is 510 g/mol. The molecule has 0 aliphatic carbocycles. The van der Waals surface area contributed by atoms with E-state index in [2.05, 4.69) is 57.4 Å². The molecule has 1 aliphatic heterocycles. The zero-order valence-corrected chi connectivity index (χ0v) is 20.2. The smallest absolute Gasteiger partial charge is 0.191 e. The molecule has 27 heavy (non-hydrogen) atoms. The summed E-state index contributed by atoms with van der Waals surface area (Å²) in [4.78, 5) is 4.65. The zero-order valence-electron chi connectivity index (χ0n) is 17.0. The highest BCUT2D eigenvalue weighted by Gasteiger charge is 2.15. The third-order valence-electron chi connectivity index (χ3n) is 4.21. The van der Waals surface area contributed by atoms with Crippen LogP contribution in [0.5, 0.6) is 0 Å². The summed E-state index contributed by atoms with van der Waals surface area (Å²) in [5.41, 5.74) is 0. The van der Waals surface area contributed by atoms with E-state index in [1.165, 1.54) is 0 Å². The molecular weight excluding hydrogens is 475 g/mol. The topological polar surface area (TPSA) is 76.4 Å². The van der Waals surface area contributed by atoms with Gasteiger partial charge in [-0.1, -0.05) is 25.6 Å². The Kier molecular flexibility index (Phi) is 12.3. The van der Waals surface area contributed by atoms with Crippen LogP contribution in [0.15, 0.2) is 10.1 Å². The molecule has 156 valence electrons. The van der Waals surface area contributed by atoms with E-state index in [1.807, 2.05) is 0 Å². The normalized spacial score (nSPS) is 17.2. The van der Waals surface area contributed by atoms with Gasteiger partial charge in [0.05, 0.1) is 12.6 Å². The van der Waals surface area contributed by atoms with Crippen molar-refractivity contribution in [3.63, 3.8) is 0 Å². The second kappa shape index (κ2) is 13.6. The first kappa shape index (κ1) is 24.5. The number of aromatic nitrogens is 3. The average Bonchev–Trinajstić information content (AvgIpc) is 3.26. The molecule has 2 N–H and O–H groups in total. The fourth-order valence-electron chi connectivity index (χ4n) is 2.98. The second-order valence-electron chi connectivity index (χ2n) is 6.99. The fourth-order valence-corrected chi connectivity index (χ4v) is 3.50. The molecule has 2 heterocycles. The Morgan fingerprint density at radius 2 is 2.19 bits per heavy atom. The molecule has 0 saturated carbocycles. The van der Waals surface area contributed by atoms with E-state index < -0.39 is 0 Å². The summed E-state index contributed by atoms with van der Waals surface area (Å²) in [5, 5.41) is 16.4. The molecule has 0 spiro atoms. The summed E-state index contributed by atoms with van der Waals surface area (Å²) in [5.74, 6) is 2.53. The van der Waals surface area contributed by atoms with Crippen molar-refractivity contribution in [2.75, 3.05) is 32.5 Å². The van der Waals surface area contributed by atoms with Crippen molar-refractivity contribution >= 4 is 41.7 Å². The molecule has 0 radical (unpaired) electrons. The van der Waals surface area contributed by atoms with Gasteiger partial charge in [0.2, 0.25) is 0 Å². The molecule has 1 aromatic rings. The number of hydrogen-bond acceptors (Lipinski definition) is 5. The van der Waals surface area contributed by atoms with Crippen LogP contribution in [0.1, 0.15) is 45.9 Å². The first-order valence-corrected chi connectivity index (χ1v) is 11.0. The molecule has 1 fully saturated rings. The highest BCUT2D eigenvalue weighted by atomic mass is 127. The third kappa shape index (κ3) is 8.55. The van der Waals surface area contributed by atoms with Gasteiger partial charge in [-0.15, -0.1) is 34.2 Å². The number of nitrogens with zero attached hydrogens (tertiary/aromatic N) is 4. The van der Waals surface area contributed by atoms with Gasteiger partial charge in [-0.3, -0.25) is 4.99 Å². The predicted octanol–water partition coefficient (Wildman–Crippen LogP) is 2.94. The number of nitrogens with one attached hydrogen (secondary N) is 2. The Hall–Kier alpha value is -0.550. The van der Waals surface area contributed by atoms with Crippen LogP contribution in [0, 0.1) is 5.92 Å². The van der Waals surface area contributed by atoms with Gasteiger partial charge < -0.3 is 19.9 Å². The Labute approximate surface area is 184 Å². The van der Waals surface area contributed by atoms with Crippen molar-refractivity contribution in [3.8, 4) is 0 Å². The largest absolute Gasteiger partial charge is 0.376 e. The summed E-state index contributed by atoms with van der Waals surface area (Å²) >= 11 is 1.66. The molecule has 1 aromatic heterocycles. The first-order chi connectivity index (χ1) is 12.6. The van der Waals surface area contributed by atoms with E-state index in [-0.39, 0.29) is 30.1 Å². The van der Waals surface area contributed by atoms with E-state index >= 15 is 0 Å². The standard InChI is InChI=1S/C18H34N6OS.HI/c1-5-19-17(21-12-15-8-7-11-25-15)20-10-6-9-16-22-23-18(26-4)24(16)13-14(2)3;/h14-15H,5-13H2,1-4H3,(H2,19,20,21);1H. The van der Waals surface area contributed by atoms with E-state index in [0.717, 1.165) is 75.4 Å². The summed E-state index contributed by atoms with van der Waals surface area (Å²) < 4.78 is 7.90. The molecule has 0 amide bonds. The minimum absolute atomic E-state index is 0. The van der Waals surface area contributed by atoms with E-state index in [0.29, 0.717) is 5.92 Å². The number of thioether (sulfide) groups is 1. The Bertz CT molecular complexity index is 560. The van der Waals surface area contributed by atoms with Crippen LogP contribution < -0.4 is 10.6 Å². The van der Waals surface area contributed by atoms with Gasteiger partial charge in [-0.25, -0.2) is 0 Å². The summed E-state index contributed by atoms with van der Waals surface area (Å²) in [6.07, 6.45) is 6.52. The quantitative estimate of drug-likeness (QED) is 0.166. The van der Waals surface area contributed by atoms with Crippen LogP contribution in [0.2, 0.25) is 0 Å². The maximum Gasteiger partial charge on any atom is 0.191 e. The van der Waals surface area contributed by atoms with Gasteiger partial charge in [-0.2, -0.15) is 0 Å². The SMILES string of the molecule is CCNC(=NCC1CCCO1)NCCCc1nnc(SC)n1CC(C)C.I. The van der Waals surface area contributed by atoms with Crippen LogP contribution in [0.25, 0.3) is 0 Å². The second-order valence-corrected chi connectivity index (χ2v) is 7.77. The van der Waals surface area contributed by atoms with Crippen LogP contribution in [0.3, 0.4) is 0 Å². The lowest BCUT2D eigenvalue weighted by Gasteiger charge is -2.14. The number of aliphatic imine (C=N–C) groups is 1. The lowest BCUT2D eigenvalue weighted by molar-refractivity contribution is 0.117. The molecule has 7 nitrogen and oxygen atoms in total. The van der Waals surface area contributed by atoms with E-state index in [4.69, 9.17) is 4.74 Å².